The highest BCUT2D eigenvalue weighted by Crippen LogP contribution is 2.04. The summed E-state index contributed by atoms with van der Waals surface area (Å²) in [6.45, 7) is 7.86. The van der Waals surface area contributed by atoms with Crippen LogP contribution in [-0.4, -0.2) is 26.2 Å². The van der Waals surface area contributed by atoms with Crippen LogP contribution in [0.2, 0.25) is 0 Å². The molecule has 1 fully saturated rings. The molecule has 1 N–H and O–H groups in total. The van der Waals surface area contributed by atoms with E-state index in [1.165, 1.54) is 32.9 Å². The number of methoxy groups -OCH3 is 1. The van der Waals surface area contributed by atoms with Crippen molar-refractivity contribution in [3.05, 3.63) is 0 Å². The van der Waals surface area contributed by atoms with Crippen molar-refractivity contribution >= 4 is 6.47 Å². The van der Waals surface area contributed by atoms with Crippen molar-refractivity contribution in [2.75, 3.05) is 13.7 Å². The average molecular weight is 189 g/mol. The fraction of sp³-hybridized carbons (Fsp3) is 0.900. The average Bonchev–Trinajstić information content (AvgIpc) is 2.22. The third-order valence-electron chi connectivity index (χ3n) is 1.65. The van der Waals surface area contributed by atoms with E-state index in [1.807, 2.05) is 13.8 Å². The van der Waals surface area contributed by atoms with Gasteiger partial charge >= 0.3 is 0 Å². The van der Waals surface area contributed by atoms with Crippen molar-refractivity contribution < 1.29 is 9.53 Å². The van der Waals surface area contributed by atoms with E-state index in [4.69, 9.17) is 4.79 Å². The second kappa shape index (κ2) is 14.0. The molecule has 0 saturated carbocycles. The van der Waals surface area contributed by atoms with Crippen LogP contribution in [0.5, 0.6) is 0 Å². The number of ether oxygens (including phenoxy) is 1. The van der Waals surface area contributed by atoms with Crippen LogP contribution in [-0.2, 0) is 9.53 Å². The lowest BCUT2D eigenvalue weighted by molar-refractivity contribution is -0.126. The minimum Gasteiger partial charge on any atom is -0.471 e. The largest absolute Gasteiger partial charge is 0.471 e. The van der Waals surface area contributed by atoms with Gasteiger partial charge in [-0.3, -0.25) is 4.79 Å². The van der Waals surface area contributed by atoms with Crippen molar-refractivity contribution in [2.24, 2.45) is 0 Å². The van der Waals surface area contributed by atoms with Gasteiger partial charge in [0.1, 0.15) is 0 Å². The molecule has 0 aromatic carbocycles. The zero-order valence-corrected chi connectivity index (χ0v) is 9.30. The monoisotopic (exact) mass is 189 g/mol. The van der Waals surface area contributed by atoms with Gasteiger partial charge < -0.3 is 10.1 Å². The molecule has 1 atom stereocenters. The predicted molar refractivity (Wildman–Crippen MR) is 55.7 cm³/mol. The number of hydrogen-bond donors (Lipinski definition) is 1. The standard InChI is InChI=1S/C6H13N.C2H4O2.C2H6/c1-6-4-2-3-5-7-6;1-4-2-3;1-2/h6-7H,2-5H2,1H3;2H,1H3;1-2H3/t6-;;/m0../s1. The first kappa shape index (κ1) is 14.9. The number of carbonyl (C=O) groups is 1. The Hall–Kier alpha value is -0.570. The molecule has 0 aromatic heterocycles. The number of carbonyl (C=O) groups excluding carboxylic acids is 1. The molecule has 3 nitrogen and oxygen atoms in total. The minimum absolute atomic E-state index is 0.375. The zero-order chi connectivity index (χ0) is 10.5. The first-order valence-corrected chi connectivity index (χ1v) is 5.01. The van der Waals surface area contributed by atoms with Crippen LogP contribution in [0.15, 0.2) is 0 Å². The summed E-state index contributed by atoms with van der Waals surface area (Å²) in [5.41, 5.74) is 0. The summed E-state index contributed by atoms with van der Waals surface area (Å²) in [4.78, 5) is 8.95. The molecule has 1 aliphatic rings. The molecule has 0 aromatic rings. The Labute approximate surface area is 81.9 Å². The van der Waals surface area contributed by atoms with Crippen molar-refractivity contribution in [1.29, 1.82) is 0 Å². The van der Waals surface area contributed by atoms with Crippen LogP contribution < -0.4 is 5.32 Å². The maximum atomic E-state index is 8.95. The van der Waals surface area contributed by atoms with Crippen LogP contribution in [0, 0.1) is 0 Å². The molecule has 0 unspecified atom stereocenters. The van der Waals surface area contributed by atoms with E-state index in [-0.39, 0.29) is 0 Å². The number of hydrogen-bond acceptors (Lipinski definition) is 3. The van der Waals surface area contributed by atoms with Crippen molar-refractivity contribution in [3.8, 4) is 0 Å². The predicted octanol–water partition coefficient (Wildman–Crippen LogP) is 1.96. The highest BCUT2D eigenvalue weighted by molar-refractivity contribution is 5.36. The number of piperidine rings is 1. The molecule has 0 amide bonds. The Bertz CT molecular complexity index is 90.9. The zero-order valence-electron chi connectivity index (χ0n) is 9.30. The van der Waals surface area contributed by atoms with Crippen LogP contribution in [0.25, 0.3) is 0 Å². The Kier molecular flexibility index (Phi) is 16.1. The molecule has 1 saturated heterocycles. The summed E-state index contributed by atoms with van der Waals surface area (Å²) in [6.07, 6.45) is 4.18. The smallest absolute Gasteiger partial charge is 0.292 e. The molecule has 1 rings (SSSR count). The topological polar surface area (TPSA) is 38.3 Å². The van der Waals surface area contributed by atoms with E-state index in [2.05, 4.69) is 17.0 Å². The van der Waals surface area contributed by atoms with Crippen LogP contribution in [0.1, 0.15) is 40.0 Å². The first-order chi connectivity index (χ1) is 6.31. The van der Waals surface area contributed by atoms with Crippen LogP contribution in [0.3, 0.4) is 0 Å². The van der Waals surface area contributed by atoms with Crippen LogP contribution in [0.4, 0.5) is 0 Å². The summed E-state index contributed by atoms with van der Waals surface area (Å²) in [5.74, 6) is 0. The highest BCUT2D eigenvalue weighted by atomic mass is 16.5. The van der Waals surface area contributed by atoms with Crippen molar-refractivity contribution in [1.82, 2.24) is 5.32 Å². The minimum atomic E-state index is 0.375. The number of nitrogens with one attached hydrogen (secondary N) is 1. The van der Waals surface area contributed by atoms with Gasteiger partial charge in [-0.15, -0.1) is 0 Å². The van der Waals surface area contributed by atoms with Crippen molar-refractivity contribution in [3.63, 3.8) is 0 Å². The molecule has 3 heteroatoms. The summed E-state index contributed by atoms with van der Waals surface area (Å²) in [7, 11) is 1.31. The van der Waals surface area contributed by atoms with E-state index < -0.39 is 0 Å². The third-order valence-corrected chi connectivity index (χ3v) is 1.65. The highest BCUT2D eigenvalue weighted by Gasteiger charge is 2.04. The quantitative estimate of drug-likeness (QED) is 0.641. The van der Waals surface area contributed by atoms with Gasteiger partial charge in [0.2, 0.25) is 0 Å². The maximum Gasteiger partial charge on any atom is 0.292 e. The van der Waals surface area contributed by atoms with E-state index in [0.29, 0.717) is 6.47 Å². The fourth-order valence-corrected chi connectivity index (χ4v) is 1.03. The van der Waals surface area contributed by atoms with Gasteiger partial charge in [0.25, 0.3) is 6.47 Å². The molecular weight excluding hydrogens is 166 g/mol. The number of rotatable bonds is 1. The second-order valence-corrected chi connectivity index (χ2v) is 2.68. The molecular formula is C10H23NO2. The van der Waals surface area contributed by atoms with E-state index in [9.17, 15) is 0 Å². The third kappa shape index (κ3) is 14.3. The van der Waals surface area contributed by atoms with Gasteiger partial charge in [-0.1, -0.05) is 20.3 Å². The molecule has 1 aliphatic heterocycles. The fourth-order valence-electron chi connectivity index (χ4n) is 1.03. The normalized spacial score (nSPS) is 19.8. The molecule has 0 spiro atoms. The molecule has 0 bridgehead atoms. The summed E-state index contributed by atoms with van der Waals surface area (Å²) in [5, 5.41) is 3.38. The molecule has 1 heterocycles. The van der Waals surface area contributed by atoms with Gasteiger partial charge in [0.15, 0.2) is 0 Å². The van der Waals surface area contributed by atoms with E-state index in [0.717, 1.165) is 6.04 Å². The molecule has 0 aliphatic carbocycles. The van der Waals surface area contributed by atoms with Crippen LogP contribution >= 0.6 is 0 Å². The molecule has 0 radical (unpaired) electrons. The van der Waals surface area contributed by atoms with Gasteiger partial charge in [0.05, 0.1) is 7.11 Å². The van der Waals surface area contributed by atoms with E-state index >= 15 is 0 Å². The maximum absolute atomic E-state index is 8.95. The first-order valence-electron chi connectivity index (χ1n) is 5.01. The lowest BCUT2D eigenvalue weighted by Crippen LogP contribution is -2.30. The summed E-state index contributed by atoms with van der Waals surface area (Å²) in [6, 6.07) is 0.786. The summed E-state index contributed by atoms with van der Waals surface area (Å²) >= 11 is 0. The summed E-state index contributed by atoms with van der Waals surface area (Å²) < 4.78 is 3.86. The Morgan fingerprint density at radius 2 is 1.92 bits per heavy atom. The Morgan fingerprint density at radius 1 is 1.38 bits per heavy atom. The molecule has 80 valence electrons. The lowest BCUT2D eigenvalue weighted by atomic mass is 10.1. The Balaban J connectivity index is 0. The molecule has 13 heavy (non-hydrogen) atoms. The van der Waals surface area contributed by atoms with Gasteiger partial charge in [-0.25, -0.2) is 0 Å². The van der Waals surface area contributed by atoms with Crippen molar-refractivity contribution in [2.45, 2.75) is 46.1 Å². The second-order valence-electron chi connectivity index (χ2n) is 2.68. The van der Waals surface area contributed by atoms with E-state index in [1.54, 1.807) is 0 Å². The van der Waals surface area contributed by atoms with Gasteiger partial charge in [-0.05, 0) is 26.3 Å². The van der Waals surface area contributed by atoms with Gasteiger partial charge in [0, 0.05) is 6.04 Å². The Morgan fingerprint density at radius 3 is 2.08 bits per heavy atom. The lowest BCUT2D eigenvalue weighted by Gasteiger charge is -2.18. The van der Waals surface area contributed by atoms with Gasteiger partial charge in [-0.2, -0.15) is 0 Å². The SMILES string of the molecule is CC.COC=O.C[C@H]1CCCCN1.